The highest BCUT2D eigenvalue weighted by Gasteiger charge is 2.08. The minimum absolute atomic E-state index is 0.315. The number of hydrogen-bond acceptors (Lipinski definition) is 2. The van der Waals surface area contributed by atoms with Crippen LogP contribution >= 0.6 is 0 Å². The topological polar surface area (TPSA) is 29.5 Å². The molecule has 0 saturated heterocycles. The standard InChI is InChI=1S/C13H16O2/c1-3-13(9-11(2)14)15-10-12-7-5-4-6-8-12/h1,4-8,11,13-14H,9-10H2,2H3/t11-,13-/m1/s1. The SMILES string of the molecule is C#C[C@H](C[C@@H](C)O)OCc1ccccc1. The molecule has 0 aliphatic heterocycles. The molecule has 0 radical (unpaired) electrons. The van der Waals surface area contributed by atoms with Gasteiger partial charge in [0, 0.05) is 6.42 Å². The van der Waals surface area contributed by atoms with Crippen LogP contribution in [0.15, 0.2) is 30.3 Å². The second-order valence-electron chi connectivity index (χ2n) is 3.54. The molecule has 0 aliphatic carbocycles. The minimum atomic E-state index is -0.429. The Bertz CT molecular complexity index is 311. The summed E-state index contributed by atoms with van der Waals surface area (Å²) >= 11 is 0. The van der Waals surface area contributed by atoms with Gasteiger partial charge in [-0.05, 0) is 12.5 Å². The second-order valence-corrected chi connectivity index (χ2v) is 3.54. The first-order valence-corrected chi connectivity index (χ1v) is 5.02. The fourth-order valence-electron chi connectivity index (χ4n) is 1.27. The van der Waals surface area contributed by atoms with Crippen molar-refractivity contribution >= 4 is 0 Å². The van der Waals surface area contributed by atoms with Crippen LogP contribution in [0.5, 0.6) is 0 Å². The van der Waals surface area contributed by atoms with Crippen molar-refractivity contribution in [3.63, 3.8) is 0 Å². The molecule has 0 fully saturated rings. The van der Waals surface area contributed by atoms with Crippen LogP contribution in [0, 0.1) is 12.3 Å². The summed E-state index contributed by atoms with van der Waals surface area (Å²) in [5, 5.41) is 9.18. The van der Waals surface area contributed by atoms with Crippen LogP contribution in [0.3, 0.4) is 0 Å². The van der Waals surface area contributed by atoms with Crippen molar-refractivity contribution in [3.05, 3.63) is 35.9 Å². The lowest BCUT2D eigenvalue weighted by Crippen LogP contribution is -2.17. The van der Waals surface area contributed by atoms with E-state index in [1.54, 1.807) is 6.92 Å². The molecule has 0 aliphatic rings. The van der Waals surface area contributed by atoms with E-state index in [0.717, 1.165) is 5.56 Å². The Balaban J connectivity index is 2.39. The summed E-state index contributed by atoms with van der Waals surface area (Å²) < 4.78 is 5.49. The van der Waals surface area contributed by atoms with E-state index < -0.39 is 6.10 Å². The third-order valence-corrected chi connectivity index (χ3v) is 2.04. The number of benzene rings is 1. The van der Waals surface area contributed by atoms with E-state index in [9.17, 15) is 5.11 Å². The predicted molar refractivity (Wildman–Crippen MR) is 60.1 cm³/mol. The first kappa shape index (κ1) is 11.8. The summed E-state index contributed by atoms with van der Waals surface area (Å²) in [5.41, 5.74) is 1.09. The minimum Gasteiger partial charge on any atom is -0.393 e. The molecule has 0 amide bonds. The van der Waals surface area contributed by atoms with Crippen LogP contribution in [-0.2, 0) is 11.3 Å². The number of hydrogen-bond donors (Lipinski definition) is 1. The molecule has 0 aromatic heterocycles. The van der Waals surface area contributed by atoms with Crippen LogP contribution in [0.1, 0.15) is 18.9 Å². The largest absolute Gasteiger partial charge is 0.393 e. The van der Waals surface area contributed by atoms with E-state index in [0.29, 0.717) is 13.0 Å². The van der Waals surface area contributed by atoms with Gasteiger partial charge in [0.1, 0.15) is 6.10 Å². The molecular formula is C13H16O2. The van der Waals surface area contributed by atoms with Gasteiger partial charge in [0.2, 0.25) is 0 Å². The number of rotatable bonds is 5. The molecule has 0 bridgehead atoms. The number of aliphatic hydroxyl groups is 1. The fraction of sp³-hybridized carbons (Fsp3) is 0.385. The molecule has 80 valence electrons. The van der Waals surface area contributed by atoms with Crippen molar-refractivity contribution in [1.29, 1.82) is 0 Å². The van der Waals surface area contributed by atoms with E-state index in [4.69, 9.17) is 11.2 Å². The average Bonchev–Trinajstić information content (AvgIpc) is 2.25. The quantitative estimate of drug-likeness (QED) is 0.743. The lowest BCUT2D eigenvalue weighted by atomic mass is 10.2. The second kappa shape index (κ2) is 6.23. The van der Waals surface area contributed by atoms with Crippen molar-refractivity contribution in [2.45, 2.75) is 32.2 Å². The molecule has 1 aromatic rings. The van der Waals surface area contributed by atoms with Crippen LogP contribution < -0.4 is 0 Å². The Hall–Kier alpha value is -1.30. The lowest BCUT2D eigenvalue weighted by molar-refractivity contribution is 0.0411. The summed E-state index contributed by atoms with van der Waals surface area (Å²) in [6.07, 6.45) is 5.03. The fourth-order valence-corrected chi connectivity index (χ4v) is 1.27. The van der Waals surface area contributed by atoms with Gasteiger partial charge in [0.25, 0.3) is 0 Å². The Morgan fingerprint density at radius 3 is 2.60 bits per heavy atom. The molecule has 1 rings (SSSR count). The molecule has 1 N–H and O–H groups in total. The highest BCUT2D eigenvalue weighted by Crippen LogP contribution is 2.07. The maximum atomic E-state index is 9.18. The van der Waals surface area contributed by atoms with Gasteiger partial charge >= 0.3 is 0 Å². The molecule has 0 saturated carbocycles. The van der Waals surface area contributed by atoms with Gasteiger partial charge < -0.3 is 9.84 Å². The summed E-state index contributed by atoms with van der Waals surface area (Å²) in [6, 6.07) is 9.83. The smallest absolute Gasteiger partial charge is 0.120 e. The Morgan fingerprint density at radius 1 is 1.40 bits per heavy atom. The van der Waals surface area contributed by atoms with Gasteiger partial charge in [-0.3, -0.25) is 0 Å². The summed E-state index contributed by atoms with van der Waals surface area (Å²) in [7, 11) is 0. The molecule has 2 heteroatoms. The van der Waals surface area contributed by atoms with E-state index >= 15 is 0 Å². The van der Waals surface area contributed by atoms with Gasteiger partial charge in [0.05, 0.1) is 12.7 Å². The Labute approximate surface area is 90.9 Å². The average molecular weight is 204 g/mol. The molecular weight excluding hydrogens is 188 g/mol. The third kappa shape index (κ3) is 4.64. The van der Waals surface area contributed by atoms with Crippen molar-refractivity contribution in [3.8, 4) is 12.3 Å². The van der Waals surface area contributed by atoms with Crippen molar-refractivity contribution in [2.24, 2.45) is 0 Å². The summed E-state index contributed by atoms with van der Waals surface area (Å²) in [4.78, 5) is 0. The first-order chi connectivity index (χ1) is 7.22. The van der Waals surface area contributed by atoms with Crippen LogP contribution in [0.25, 0.3) is 0 Å². The van der Waals surface area contributed by atoms with E-state index in [1.165, 1.54) is 0 Å². The number of aliphatic hydroxyl groups excluding tert-OH is 1. The van der Waals surface area contributed by atoms with E-state index in [2.05, 4.69) is 5.92 Å². The summed E-state index contributed by atoms with van der Waals surface area (Å²) in [6.45, 7) is 2.19. The predicted octanol–water partition coefficient (Wildman–Crippen LogP) is 1.98. The van der Waals surface area contributed by atoms with Gasteiger partial charge in [-0.25, -0.2) is 0 Å². The molecule has 15 heavy (non-hydrogen) atoms. The van der Waals surface area contributed by atoms with Crippen LogP contribution in [0.2, 0.25) is 0 Å². The normalized spacial score (nSPS) is 14.2. The third-order valence-electron chi connectivity index (χ3n) is 2.04. The van der Waals surface area contributed by atoms with Gasteiger partial charge in [-0.2, -0.15) is 0 Å². The molecule has 1 aromatic carbocycles. The zero-order valence-electron chi connectivity index (χ0n) is 8.89. The lowest BCUT2D eigenvalue weighted by Gasteiger charge is -2.13. The number of terminal acetylenes is 1. The molecule has 0 unspecified atom stereocenters. The van der Waals surface area contributed by atoms with Gasteiger partial charge in [-0.1, -0.05) is 36.3 Å². The van der Waals surface area contributed by atoms with Crippen molar-refractivity contribution < 1.29 is 9.84 Å². The first-order valence-electron chi connectivity index (χ1n) is 5.02. The molecule has 0 spiro atoms. The Kier molecular flexibility index (Phi) is 4.89. The van der Waals surface area contributed by atoms with E-state index in [-0.39, 0.29) is 6.10 Å². The highest BCUT2D eigenvalue weighted by molar-refractivity contribution is 5.13. The zero-order valence-corrected chi connectivity index (χ0v) is 8.89. The molecule has 2 nitrogen and oxygen atoms in total. The van der Waals surface area contributed by atoms with E-state index in [1.807, 2.05) is 30.3 Å². The monoisotopic (exact) mass is 204 g/mol. The highest BCUT2D eigenvalue weighted by atomic mass is 16.5. The summed E-state index contributed by atoms with van der Waals surface area (Å²) in [5.74, 6) is 2.52. The maximum absolute atomic E-state index is 9.18. The van der Waals surface area contributed by atoms with Crippen molar-refractivity contribution in [1.82, 2.24) is 0 Å². The van der Waals surface area contributed by atoms with Gasteiger partial charge in [0.15, 0.2) is 0 Å². The van der Waals surface area contributed by atoms with Crippen LogP contribution in [-0.4, -0.2) is 17.3 Å². The Morgan fingerprint density at radius 2 is 2.07 bits per heavy atom. The van der Waals surface area contributed by atoms with Crippen LogP contribution in [0.4, 0.5) is 0 Å². The van der Waals surface area contributed by atoms with Crippen molar-refractivity contribution in [2.75, 3.05) is 0 Å². The maximum Gasteiger partial charge on any atom is 0.120 e. The molecule has 2 atom stereocenters. The zero-order chi connectivity index (χ0) is 11.1. The molecule has 0 heterocycles. The number of ether oxygens (including phenoxy) is 1. The van der Waals surface area contributed by atoms with Gasteiger partial charge in [-0.15, -0.1) is 6.42 Å².